The van der Waals surface area contributed by atoms with Gasteiger partial charge < -0.3 is 4.90 Å². The van der Waals surface area contributed by atoms with E-state index in [1.807, 2.05) is 0 Å². The van der Waals surface area contributed by atoms with Crippen LogP contribution in [0.5, 0.6) is 0 Å². The maximum atomic E-state index is 12.6. The van der Waals surface area contributed by atoms with Crippen LogP contribution < -0.4 is 10.5 Å². The molecule has 1 fully saturated rings. The second-order valence-corrected chi connectivity index (χ2v) is 8.04. The van der Waals surface area contributed by atoms with Gasteiger partial charge in [0.05, 0.1) is 6.26 Å². The molecule has 3 rings (SSSR count). The van der Waals surface area contributed by atoms with Crippen LogP contribution in [0, 0.1) is 0 Å². The lowest BCUT2D eigenvalue weighted by Crippen LogP contribution is -2.42. The van der Waals surface area contributed by atoms with Gasteiger partial charge in [-0.05, 0) is 36.8 Å². The molecule has 132 valence electrons. The fourth-order valence-electron chi connectivity index (χ4n) is 2.92. The van der Waals surface area contributed by atoms with Gasteiger partial charge in [-0.1, -0.05) is 6.07 Å². The summed E-state index contributed by atoms with van der Waals surface area (Å²) in [6.07, 6.45) is 3.22. The number of hydrogen-bond acceptors (Lipinski definition) is 4. The first-order chi connectivity index (χ1) is 11.8. The second kappa shape index (κ2) is 6.45. The number of benzene rings is 1. The maximum Gasteiger partial charge on any atom is 0.255 e. The number of carbonyl (C=O) groups is 1. The Labute approximate surface area is 146 Å². The zero-order chi connectivity index (χ0) is 18.2. The van der Waals surface area contributed by atoms with Crippen LogP contribution in [0.4, 0.5) is 5.69 Å². The van der Waals surface area contributed by atoms with Crippen molar-refractivity contribution in [3.63, 3.8) is 0 Å². The van der Waals surface area contributed by atoms with Crippen LogP contribution in [0.2, 0.25) is 0 Å². The summed E-state index contributed by atoms with van der Waals surface area (Å²) in [6.45, 7) is 0.452. The van der Waals surface area contributed by atoms with Crippen molar-refractivity contribution in [1.82, 2.24) is 8.87 Å². The molecule has 0 spiro atoms. The van der Waals surface area contributed by atoms with Crippen molar-refractivity contribution in [2.75, 3.05) is 24.7 Å². The highest BCUT2D eigenvalue weighted by Crippen LogP contribution is 2.25. The van der Waals surface area contributed by atoms with E-state index in [9.17, 15) is 18.0 Å². The molecule has 1 saturated heterocycles. The zero-order valence-corrected chi connectivity index (χ0v) is 14.8. The third kappa shape index (κ3) is 3.35. The van der Waals surface area contributed by atoms with Crippen molar-refractivity contribution in [2.45, 2.75) is 12.5 Å². The predicted molar refractivity (Wildman–Crippen MR) is 95.4 cm³/mol. The normalized spacial score (nSPS) is 18.1. The molecule has 7 nitrogen and oxygen atoms in total. The molecule has 1 unspecified atom stereocenters. The molecular weight excluding hydrogens is 342 g/mol. The number of nitrogens with zero attached hydrogens (tertiary/aromatic N) is 3. The Kier molecular flexibility index (Phi) is 4.49. The van der Waals surface area contributed by atoms with Crippen molar-refractivity contribution in [1.29, 1.82) is 0 Å². The van der Waals surface area contributed by atoms with E-state index in [2.05, 4.69) is 0 Å². The molecule has 1 aliphatic heterocycles. The fraction of sp³-hybridized carbons (Fsp3) is 0.294. The van der Waals surface area contributed by atoms with Crippen LogP contribution in [0.15, 0.2) is 53.5 Å². The minimum atomic E-state index is -3.42. The van der Waals surface area contributed by atoms with Crippen molar-refractivity contribution >= 4 is 21.6 Å². The number of rotatable bonds is 4. The Bertz CT molecular complexity index is 950. The molecule has 1 amide bonds. The van der Waals surface area contributed by atoms with Gasteiger partial charge in [0, 0.05) is 37.2 Å². The van der Waals surface area contributed by atoms with Crippen LogP contribution in [0.25, 0.3) is 5.69 Å². The third-order valence-electron chi connectivity index (χ3n) is 4.40. The van der Waals surface area contributed by atoms with Gasteiger partial charge in [0.25, 0.3) is 5.56 Å². The Hall–Kier alpha value is -2.45. The average molecular weight is 361 g/mol. The standard InChI is InChI=1S/C17H19N3O4S/c1-18(25(2,23)24)15-10-12-20(17(15)22)14-8-6-13(7-9-14)19-11-4-3-5-16(19)21/h3-9,11,15H,10,12H2,1-2H3. The summed E-state index contributed by atoms with van der Waals surface area (Å²) in [7, 11) is -2.00. The summed E-state index contributed by atoms with van der Waals surface area (Å²) in [5.74, 6) is -0.238. The molecule has 0 N–H and O–H groups in total. The topological polar surface area (TPSA) is 79.7 Å². The maximum absolute atomic E-state index is 12.6. The van der Waals surface area contributed by atoms with Crippen molar-refractivity contribution in [3.05, 3.63) is 59.0 Å². The van der Waals surface area contributed by atoms with Gasteiger partial charge in [-0.2, -0.15) is 4.31 Å². The molecule has 0 bridgehead atoms. The van der Waals surface area contributed by atoms with E-state index < -0.39 is 16.1 Å². The molecular formula is C17H19N3O4S. The van der Waals surface area contributed by atoms with Crippen LogP contribution in [0.1, 0.15) is 6.42 Å². The van der Waals surface area contributed by atoms with Gasteiger partial charge in [0.1, 0.15) is 6.04 Å². The molecule has 1 atom stereocenters. The number of carbonyl (C=O) groups excluding carboxylic acids is 1. The van der Waals surface area contributed by atoms with Crippen molar-refractivity contribution < 1.29 is 13.2 Å². The van der Waals surface area contributed by atoms with Crippen LogP contribution in [-0.2, 0) is 14.8 Å². The molecule has 25 heavy (non-hydrogen) atoms. The van der Waals surface area contributed by atoms with E-state index in [1.54, 1.807) is 47.5 Å². The summed E-state index contributed by atoms with van der Waals surface area (Å²) in [5, 5.41) is 0. The molecule has 2 aromatic rings. The highest BCUT2D eigenvalue weighted by atomic mass is 32.2. The van der Waals surface area contributed by atoms with Gasteiger partial charge in [0.15, 0.2) is 0 Å². The molecule has 2 heterocycles. The minimum absolute atomic E-state index is 0.137. The molecule has 0 aliphatic carbocycles. The summed E-state index contributed by atoms with van der Waals surface area (Å²) < 4.78 is 26.0. The van der Waals surface area contributed by atoms with Crippen LogP contribution in [0.3, 0.4) is 0 Å². The summed E-state index contributed by atoms with van der Waals surface area (Å²) in [4.78, 5) is 26.0. The lowest BCUT2D eigenvalue weighted by molar-refractivity contribution is -0.120. The first-order valence-electron chi connectivity index (χ1n) is 7.81. The Morgan fingerprint density at radius 3 is 2.28 bits per heavy atom. The van der Waals surface area contributed by atoms with E-state index >= 15 is 0 Å². The second-order valence-electron chi connectivity index (χ2n) is 6.00. The monoisotopic (exact) mass is 361 g/mol. The number of likely N-dealkylation sites (N-methyl/N-ethyl adjacent to an activating group) is 1. The van der Waals surface area contributed by atoms with E-state index in [-0.39, 0.29) is 11.5 Å². The number of amides is 1. The van der Waals surface area contributed by atoms with Crippen LogP contribution in [-0.4, -0.2) is 49.1 Å². The molecule has 0 radical (unpaired) electrons. The molecule has 1 aliphatic rings. The number of hydrogen-bond donors (Lipinski definition) is 0. The fourth-order valence-corrected chi connectivity index (χ4v) is 3.58. The lowest BCUT2D eigenvalue weighted by atomic mass is 10.2. The van der Waals surface area contributed by atoms with E-state index in [4.69, 9.17) is 0 Å². The van der Waals surface area contributed by atoms with Gasteiger partial charge in [-0.3, -0.25) is 14.2 Å². The SMILES string of the molecule is CN(C1CCN(c2ccc(-n3ccccc3=O)cc2)C1=O)S(C)(=O)=O. The highest BCUT2D eigenvalue weighted by Gasteiger charge is 2.38. The first-order valence-corrected chi connectivity index (χ1v) is 9.66. The summed E-state index contributed by atoms with van der Waals surface area (Å²) in [6, 6.07) is 11.3. The summed E-state index contributed by atoms with van der Waals surface area (Å²) >= 11 is 0. The van der Waals surface area contributed by atoms with Crippen LogP contribution >= 0.6 is 0 Å². The third-order valence-corrected chi connectivity index (χ3v) is 5.70. The predicted octanol–water partition coefficient (Wildman–Crippen LogP) is 0.834. The number of anilines is 1. The lowest BCUT2D eigenvalue weighted by Gasteiger charge is -2.22. The number of pyridine rings is 1. The first kappa shape index (κ1) is 17.4. The molecule has 8 heteroatoms. The quantitative estimate of drug-likeness (QED) is 0.808. The van der Waals surface area contributed by atoms with E-state index in [0.29, 0.717) is 24.3 Å². The Balaban J connectivity index is 1.83. The molecule has 1 aromatic heterocycles. The highest BCUT2D eigenvalue weighted by molar-refractivity contribution is 7.88. The summed E-state index contributed by atoms with van der Waals surface area (Å²) in [5.41, 5.74) is 1.25. The average Bonchev–Trinajstić information content (AvgIpc) is 2.95. The van der Waals surface area contributed by atoms with Gasteiger partial charge >= 0.3 is 0 Å². The van der Waals surface area contributed by atoms with Gasteiger partial charge in [-0.25, -0.2) is 8.42 Å². The van der Waals surface area contributed by atoms with Crippen molar-refractivity contribution in [2.24, 2.45) is 0 Å². The largest absolute Gasteiger partial charge is 0.311 e. The van der Waals surface area contributed by atoms with Gasteiger partial charge in [0.2, 0.25) is 15.9 Å². The molecule has 1 aromatic carbocycles. The van der Waals surface area contributed by atoms with Gasteiger partial charge in [-0.15, -0.1) is 0 Å². The smallest absolute Gasteiger partial charge is 0.255 e. The Morgan fingerprint density at radius 2 is 1.68 bits per heavy atom. The van der Waals surface area contributed by atoms with E-state index in [1.165, 1.54) is 17.7 Å². The molecule has 0 saturated carbocycles. The number of aromatic nitrogens is 1. The minimum Gasteiger partial charge on any atom is -0.311 e. The zero-order valence-electron chi connectivity index (χ0n) is 14.0. The van der Waals surface area contributed by atoms with E-state index in [0.717, 1.165) is 10.6 Å². The Morgan fingerprint density at radius 1 is 1.04 bits per heavy atom. The van der Waals surface area contributed by atoms with Crippen molar-refractivity contribution in [3.8, 4) is 5.69 Å². The number of sulfonamides is 1.